The van der Waals surface area contributed by atoms with Gasteiger partial charge < -0.3 is 11.1 Å². The van der Waals surface area contributed by atoms with Crippen molar-refractivity contribution in [2.75, 3.05) is 6.54 Å². The number of nitrogens with one attached hydrogen (secondary N) is 1. The van der Waals surface area contributed by atoms with Crippen LogP contribution in [0, 0.1) is 0 Å². The van der Waals surface area contributed by atoms with Crippen molar-refractivity contribution in [3.05, 3.63) is 16.1 Å². The van der Waals surface area contributed by atoms with Gasteiger partial charge in [-0.05, 0) is 19.4 Å². The molecule has 0 radical (unpaired) electrons. The summed E-state index contributed by atoms with van der Waals surface area (Å²) in [4.78, 5) is 14.9. The summed E-state index contributed by atoms with van der Waals surface area (Å²) < 4.78 is 36.9. The molecule has 114 valence electrons. The van der Waals surface area contributed by atoms with Crippen molar-refractivity contribution in [2.24, 2.45) is 5.73 Å². The van der Waals surface area contributed by atoms with Crippen LogP contribution in [0.3, 0.4) is 0 Å². The molecule has 0 aliphatic heterocycles. The number of amides is 1. The molecule has 8 heteroatoms. The van der Waals surface area contributed by atoms with E-state index in [2.05, 4.69) is 10.3 Å². The van der Waals surface area contributed by atoms with Gasteiger partial charge in [-0.2, -0.15) is 13.2 Å². The third-order valence-corrected chi connectivity index (χ3v) is 3.49. The quantitative estimate of drug-likeness (QED) is 0.726. The van der Waals surface area contributed by atoms with Crippen LogP contribution < -0.4 is 11.1 Å². The Morgan fingerprint density at radius 3 is 2.60 bits per heavy atom. The number of halogens is 3. The lowest BCUT2D eigenvalue weighted by Crippen LogP contribution is -2.22. The Kier molecular flexibility index (Phi) is 6.94. The number of rotatable bonds is 8. The molecule has 0 atom stereocenters. The third kappa shape index (κ3) is 6.33. The lowest BCUT2D eigenvalue weighted by Gasteiger charge is -2.03. The van der Waals surface area contributed by atoms with E-state index in [4.69, 9.17) is 5.73 Å². The molecule has 0 saturated heterocycles. The molecule has 0 aliphatic carbocycles. The van der Waals surface area contributed by atoms with Crippen LogP contribution in [-0.4, -0.2) is 17.4 Å². The van der Waals surface area contributed by atoms with Gasteiger partial charge >= 0.3 is 6.18 Å². The molecule has 20 heavy (non-hydrogen) atoms. The number of hydrogen-bond donors (Lipinski definition) is 2. The zero-order valence-corrected chi connectivity index (χ0v) is 11.8. The first kappa shape index (κ1) is 16.9. The Morgan fingerprint density at radius 2 is 2.00 bits per heavy atom. The van der Waals surface area contributed by atoms with Crippen LogP contribution in [0.1, 0.15) is 42.8 Å². The van der Waals surface area contributed by atoms with E-state index in [1.54, 1.807) is 0 Å². The monoisotopic (exact) mass is 309 g/mol. The number of nitrogens with two attached hydrogens (primary N) is 1. The maximum absolute atomic E-state index is 12.3. The van der Waals surface area contributed by atoms with Gasteiger partial charge in [0.15, 0.2) is 5.69 Å². The van der Waals surface area contributed by atoms with Gasteiger partial charge in [-0.1, -0.05) is 12.8 Å². The molecule has 1 amide bonds. The molecule has 0 spiro atoms. The van der Waals surface area contributed by atoms with E-state index in [0.29, 0.717) is 13.0 Å². The van der Waals surface area contributed by atoms with E-state index in [1.807, 2.05) is 0 Å². The second-order valence-corrected chi connectivity index (χ2v) is 5.30. The fourth-order valence-electron chi connectivity index (χ4n) is 1.57. The number of thiazole rings is 1. The van der Waals surface area contributed by atoms with Crippen molar-refractivity contribution in [1.82, 2.24) is 10.3 Å². The van der Waals surface area contributed by atoms with Gasteiger partial charge in [-0.3, -0.25) is 4.79 Å². The molecule has 0 fully saturated rings. The first-order chi connectivity index (χ1) is 9.43. The van der Waals surface area contributed by atoms with Gasteiger partial charge in [0, 0.05) is 11.8 Å². The molecule has 0 aliphatic rings. The minimum Gasteiger partial charge on any atom is -0.350 e. The molecule has 1 aromatic rings. The Labute approximate surface area is 119 Å². The Morgan fingerprint density at radius 1 is 1.30 bits per heavy atom. The summed E-state index contributed by atoms with van der Waals surface area (Å²) in [7, 11) is 0. The molecule has 0 aromatic carbocycles. The average molecular weight is 309 g/mol. The van der Waals surface area contributed by atoms with Gasteiger partial charge in [0.25, 0.3) is 0 Å². The summed E-state index contributed by atoms with van der Waals surface area (Å²) in [5.74, 6) is -0.165. The van der Waals surface area contributed by atoms with Gasteiger partial charge in [0.2, 0.25) is 5.91 Å². The number of alkyl halides is 3. The standard InChI is InChI=1S/C12H18F3N3OS/c13-12(14,15)9-8-20-11(18-9)7-17-10(19)5-3-1-2-4-6-16/h8H,1-7,16H2,(H,17,19). The molecule has 0 unspecified atom stereocenters. The van der Waals surface area contributed by atoms with Gasteiger partial charge in [0.05, 0.1) is 6.54 Å². The van der Waals surface area contributed by atoms with E-state index in [1.165, 1.54) is 0 Å². The lowest BCUT2D eigenvalue weighted by atomic mass is 10.1. The summed E-state index contributed by atoms with van der Waals surface area (Å²) in [6, 6.07) is 0. The van der Waals surface area contributed by atoms with Crippen molar-refractivity contribution in [2.45, 2.75) is 44.8 Å². The highest BCUT2D eigenvalue weighted by atomic mass is 32.1. The van der Waals surface area contributed by atoms with Gasteiger partial charge in [-0.15, -0.1) is 11.3 Å². The largest absolute Gasteiger partial charge is 0.434 e. The van der Waals surface area contributed by atoms with Crippen molar-refractivity contribution in [3.63, 3.8) is 0 Å². The zero-order chi connectivity index (χ0) is 15.0. The molecule has 4 nitrogen and oxygen atoms in total. The molecular weight excluding hydrogens is 291 g/mol. The van der Waals surface area contributed by atoms with Gasteiger partial charge in [-0.25, -0.2) is 4.98 Å². The van der Waals surface area contributed by atoms with E-state index < -0.39 is 11.9 Å². The Bertz CT molecular complexity index is 420. The van der Waals surface area contributed by atoms with Crippen LogP contribution in [0.15, 0.2) is 5.38 Å². The third-order valence-electron chi connectivity index (χ3n) is 2.64. The van der Waals surface area contributed by atoms with E-state index in [9.17, 15) is 18.0 Å². The average Bonchev–Trinajstić information content (AvgIpc) is 2.85. The van der Waals surface area contributed by atoms with Crippen molar-refractivity contribution in [3.8, 4) is 0 Å². The smallest absolute Gasteiger partial charge is 0.350 e. The maximum Gasteiger partial charge on any atom is 0.434 e. The topological polar surface area (TPSA) is 68.0 Å². The first-order valence-corrected chi connectivity index (χ1v) is 7.30. The lowest BCUT2D eigenvalue weighted by molar-refractivity contribution is -0.140. The number of unbranched alkanes of at least 4 members (excludes halogenated alkanes) is 3. The Balaban J connectivity index is 2.22. The van der Waals surface area contributed by atoms with Crippen LogP contribution in [0.5, 0.6) is 0 Å². The number of carbonyl (C=O) groups is 1. The van der Waals surface area contributed by atoms with Crippen molar-refractivity contribution in [1.29, 1.82) is 0 Å². The van der Waals surface area contributed by atoms with Gasteiger partial charge in [0.1, 0.15) is 5.01 Å². The SMILES string of the molecule is NCCCCCCC(=O)NCc1nc(C(F)(F)F)cs1. The highest BCUT2D eigenvalue weighted by Crippen LogP contribution is 2.29. The van der Waals surface area contributed by atoms with Crippen molar-refractivity contribution < 1.29 is 18.0 Å². The van der Waals surface area contributed by atoms with Crippen LogP contribution in [0.4, 0.5) is 13.2 Å². The first-order valence-electron chi connectivity index (χ1n) is 6.42. The summed E-state index contributed by atoms with van der Waals surface area (Å²) in [5.41, 5.74) is 4.44. The second kappa shape index (κ2) is 8.21. The predicted molar refractivity (Wildman–Crippen MR) is 71.1 cm³/mol. The summed E-state index contributed by atoms with van der Waals surface area (Å²) in [5, 5.41) is 3.78. The van der Waals surface area contributed by atoms with Crippen LogP contribution in [0.25, 0.3) is 0 Å². The fraction of sp³-hybridized carbons (Fsp3) is 0.667. The molecule has 1 heterocycles. The Hall–Kier alpha value is -1.15. The van der Waals surface area contributed by atoms with E-state index in [0.717, 1.165) is 42.4 Å². The fourth-order valence-corrected chi connectivity index (χ4v) is 2.31. The summed E-state index contributed by atoms with van der Waals surface area (Å²) >= 11 is 0.894. The molecule has 0 saturated carbocycles. The highest BCUT2D eigenvalue weighted by Gasteiger charge is 2.33. The number of aromatic nitrogens is 1. The zero-order valence-electron chi connectivity index (χ0n) is 11.0. The minimum absolute atomic E-state index is 0.0440. The molecule has 1 aromatic heterocycles. The highest BCUT2D eigenvalue weighted by molar-refractivity contribution is 7.09. The molecule has 0 bridgehead atoms. The normalized spacial score (nSPS) is 11.6. The van der Waals surface area contributed by atoms with E-state index >= 15 is 0 Å². The summed E-state index contributed by atoms with van der Waals surface area (Å²) in [6.07, 6.45) is -0.423. The number of hydrogen-bond acceptors (Lipinski definition) is 4. The second-order valence-electron chi connectivity index (χ2n) is 4.35. The van der Waals surface area contributed by atoms with Crippen molar-refractivity contribution >= 4 is 17.2 Å². The predicted octanol–water partition coefficient (Wildman–Crippen LogP) is 2.69. The minimum atomic E-state index is -4.43. The number of carbonyl (C=O) groups excluding carboxylic acids is 1. The van der Waals surface area contributed by atoms with E-state index in [-0.39, 0.29) is 17.5 Å². The van der Waals surface area contributed by atoms with Crippen LogP contribution in [0.2, 0.25) is 0 Å². The molecular formula is C12H18F3N3OS. The molecule has 3 N–H and O–H groups in total. The maximum atomic E-state index is 12.3. The van der Waals surface area contributed by atoms with Crippen LogP contribution >= 0.6 is 11.3 Å². The summed E-state index contributed by atoms with van der Waals surface area (Å²) in [6.45, 7) is 0.695. The molecule has 1 rings (SSSR count). The number of nitrogens with zero attached hydrogens (tertiary/aromatic N) is 1. The van der Waals surface area contributed by atoms with Crippen LogP contribution in [-0.2, 0) is 17.5 Å².